The van der Waals surface area contributed by atoms with Gasteiger partial charge in [-0.2, -0.15) is 0 Å². The van der Waals surface area contributed by atoms with Crippen molar-refractivity contribution in [1.29, 1.82) is 0 Å². The molecule has 1 aromatic rings. The average molecular weight is 207 g/mol. The van der Waals surface area contributed by atoms with Gasteiger partial charge in [-0.25, -0.2) is 0 Å². The van der Waals surface area contributed by atoms with Crippen LogP contribution in [0.15, 0.2) is 18.3 Å². The molecule has 0 aliphatic heterocycles. The smallest absolute Gasteiger partial charge is 0.105 e. The number of nitrogens with one attached hydrogen (secondary N) is 2. The molecule has 0 saturated heterocycles. The number of nitrogens with zero attached hydrogens (tertiary/aromatic N) is 1. The third kappa shape index (κ3) is 2.17. The molecule has 15 heavy (non-hydrogen) atoms. The summed E-state index contributed by atoms with van der Waals surface area (Å²) in [6.45, 7) is 2.28. The van der Waals surface area contributed by atoms with Crippen molar-refractivity contribution in [3.8, 4) is 0 Å². The summed E-state index contributed by atoms with van der Waals surface area (Å²) in [5.74, 6) is 1.22. The Morgan fingerprint density at radius 3 is 2.80 bits per heavy atom. The summed E-state index contributed by atoms with van der Waals surface area (Å²) >= 11 is 0. The highest BCUT2D eigenvalue weighted by Gasteiger charge is 2.37. The van der Waals surface area contributed by atoms with Gasteiger partial charge in [-0.05, 0) is 32.0 Å². The van der Waals surface area contributed by atoms with Gasteiger partial charge in [0.15, 0.2) is 0 Å². The summed E-state index contributed by atoms with van der Waals surface area (Å²) in [7, 11) is 4.22. The van der Waals surface area contributed by atoms with Crippen molar-refractivity contribution >= 4 is 5.82 Å². The molecule has 1 saturated carbocycles. The normalized spacial score (nSPS) is 18.5. The van der Waals surface area contributed by atoms with Crippen LogP contribution in [0.2, 0.25) is 0 Å². The van der Waals surface area contributed by atoms with Gasteiger partial charge in [0.1, 0.15) is 5.82 Å². The Kier molecular flexibility index (Phi) is 3.00. The molecule has 1 aromatic heterocycles. The maximum Gasteiger partial charge on any atom is 0.105 e. The van der Waals surface area contributed by atoms with E-state index in [1.54, 1.807) is 0 Å². The largest absolute Gasteiger partial charge is 0.361 e. The minimum atomic E-state index is 0.509. The Balaban J connectivity index is 1.95. The van der Waals surface area contributed by atoms with Crippen molar-refractivity contribution in [3.63, 3.8) is 0 Å². The number of aromatic amines is 1. The van der Waals surface area contributed by atoms with Gasteiger partial charge < -0.3 is 15.2 Å². The number of hydrogen-bond acceptors (Lipinski definition) is 2. The van der Waals surface area contributed by atoms with Gasteiger partial charge in [-0.3, -0.25) is 0 Å². The number of aromatic nitrogens is 1. The minimum Gasteiger partial charge on any atom is -0.361 e. The van der Waals surface area contributed by atoms with Gasteiger partial charge in [0.2, 0.25) is 0 Å². The molecule has 1 heterocycles. The van der Waals surface area contributed by atoms with E-state index in [0.29, 0.717) is 5.41 Å². The summed E-state index contributed by atoms with van der Waals surface area (Å²) in [5, 5.41) is 3.32. The fourth-order valence-electron chi connectivity index (χ4n) is 2.59. The van der Waals surface area contributed by atoms with Crippen LogP contribution in [0.1, 0.15) is 19.3 Å². The van der Waals surface area contributed by atoms with Gasteiger partial charge in [0.05, 0.1) is 0 Å². The molecular formula is C12H21N3. The Bertz CT molecular complexity index is 288. The standard InChI is InChI=1S/C12H21N3/c1-13-9-12(6-4-7-12)10-15(2)11-5-3-8-14-11/h3,5,8,13-14H,4,6-7,9-10H2,1-2H3. The summed E-state index contributed by atoms with van der Waals surface area (Å²) < 4.78 is 0. The van der Waals surface area contributed by atoms with Crippen LogP contribution < -0.4 is 10.2 Å². The molecule has 3 nitrogen and oxygen atoms in total. The molecule has 0 spiro atoms. The zero-order chi connectivity index (χ0) is 10.7. The lowest BCUT2D eigenvalue weighted by molar-refractivity contribution is 0.142. The van der Waals surface area contributed by atoms with Crippen molar-refractivity contribution in [2.75, 3.05) is 32.1 Å². The monoisotopic (exact) mass is 207 g/mol. The van der Waals surface area contributed by atoms with E-state index in [2.05, 4.69) is 41.4 Å². The molecule has 0 atom stereocenters. The summed E-state index contributed by atoms with van der Waals surface area (Å²) in [6, 6.07) is 4.18. The van der Waals surface area contributed by atoms with Crippen molar-refractivity contribution in [2.24, 2.45) is 5.41 Å². The van der Waals surface area contributed by atoms with Gasteiger partial charge >= 0.3 is 0 Å². The average Bonchev–Trinajstić information content (AvgIpc) is 2.67. The van der Waals surface area contributed by atoms with Crippen molar-refractivity contribution < 1.29 is 0 Å². The van der Waals surface area contributed by atoms with E-state index in [-0.39, 0.29) is 0 Å². The lowest BCUT2D eigenvalue weighted by atomic mass is 9.68. The molecule has 0 unspecified atom stereocenters. The molecule has 1 aliphatic rings. The van der Waals surface area contributed by atoms with Crippen molar-refractivity contribution in [3.05, 3.63) is 18.3 Å². The number of anilines is 1. The molecule has 2 N–H and O–H groups in total. The minimum absolute atomic E-state index is 0.509. The lowest BCUT2D eigenvalue weighted by Gasteiger charge is -2.44. The Morgan fingerprint density at radius 1 is 1.53 bits per heavy atom. The SMILES string of the molecule is CNCC1(CN(C)c2ccc[nH]2)CCC1. The number of hydrogen-bond donors (Lipinski definition) is 2. The third-order valence-corrected chi connectivity index (χ3v) is 3.53. The summed E-state index contributed by atoms with van der Waals surface area (Å²) in [4.78, 5) is 5.59. The number of rotatable bonds is 5. The van der Waals surface area contributed by atoms with Crippen LogP contribution in [0.5, 0.6) is 0 Å². The predicted octanol–water partition coefficient (Wildman–Crippen LogP) is 1.84. The molecule has 0 radical (unpaired) electrons. The highest BCUT2D eigenvalue weighted by Crippen LogP contribution is 2.41. The molecule has 2 rings (SSSR count). The van der Waals surface area contributed by atoms with Gasteiger partial charge in [-0.15, -0.1) is 0 Å². The summed E-state index contributed by atoms with van der Waals surface area (Å²) in [6.07, 6.45) is 6.09. The molecule has 3 heteroatoms. The molecule has 0 bridgehead atoms. The number of H-pyrrole nitrogens is 1. The molecular weight excluding hydrogens is 186 g/mol. The van der Waals surface area contributed by atoms with E-state index >= 15 is 0 Å². The maximum atomic E-state index is 3.32. The van der Waals surface area contributed by atoms with Crippen LogP contribution in [0.4, 0.5) is 5.82 Å². The second-order valence-corrected chi connectivity index (χ2v) is 4.80. The second kappa shape index (κ2) is 4.27. The van der Waals surface area contributed by atoms with E-state index in [0.717, 1.165) is 13.1 Å². The fraction of sp³-hybridized carbons (Fsp3) is 0.667. The third-order valence-electron chi connectivity index (χ3n) is 3.53. The maximum absolute atomic E-state index is 3.32. The van der Waals surface area contributed by atoms with E-state index < -0.39 is 0 Å². The van der Waals surface area contributed by atoms with Crippen molar-refractivity contribution in [2.45, 2.75) is 19.3 Å². The first-order valence-corrected chi connectivity index (χ1v) is 5.75. The quantitative estimate of drug-likeness (QED) is 0.772. The van der Waals surface area contributed by atoms with Crippen molar-refractivity contribution in [1.82, 2.24) is 10.3 Å². The van der Waals surface area contributed by atoms with E-state index in [1.165, 1.54) is 25.1 Å². The topological polar surface area (TPSA) is 31.1 Å². The van der Waals surface area contributed by atoms with Crippen LogP contribution in [-0.4, -0.2) is 32.2 Å². The zero-order valence-corrected chi connectivity index (χ0v) is 9.71. The van der Waals surface area contributed by atoms with Gasteiger partial charge in [0.25, 0.3) is 0 Å². The Morgan fingerprint density at radius 2 is 2.33 bits per heavy atom. The van der Waals surface area contributed by atoms with Gasteiger partial charge in [0, 0.05) is 31.7 Å². The van der Waals surface area contributed by atoms with Crippen LogP contribution in [0.25, 0.3) is 0 Å². The molecule has 0 amide bonds. The first-order valence-electron chi connectivity index (χ1n) is 5.75. The lowest BCUT2D eigenvalue weighted by Crippen LogP contribution is -2.47. The second-order valence-electron chi connectivity index (χ2n) is 4.80. The Hall–Kier alpha value is -0.960. The van der Waals surface area contributed by atoms with Crippen LogP contribution in [0, 0.1) is 5.41 Å². The highest BCUT2D eigenvalue weighted by molar-refractivity contribution is 5.37. The van der Waals surface area contributed by atoms with Crippen LogP contribution in [-0.2, 0) is 0 Å². The first kappa shape index (κ1) is 10.6. The predicted molar refractivity (Wildman–Crippen MR) is 64.3 cm³/mol. The molecule has 1 fully saturated rings. The fourth-order valence-corrected chi connectivity index (χ4v) is 2.59. The Labute approximate surface area is 91.9 Å². The molecule has 84 valence electrons. The van der Waals surface area contributed by atoms with E-state index in [4.69, 9.17) is 0 Å². The summed E-state index contributed by atoms with van der Waals surface area (Å²) in [5.41, 5.74) is 0.509. The first-order chi connectivity index (χ1) is 7.26. The molecule has 0 aromatic carbocycles. The van der Waals surface area contributed by atoms with Crippen LogP contribution in [0.3, 0.4) is 0 Å². The highest BCUT2D eigenvalue weighted by atomic mass is 15.2. The van der Waals surface area contributed by atoms with Crippen LogP contribution >= 0.6 is 0 Å². The van der Waals surface area contributed by atoms with E-state index in [1.807, 2.05) is 6.20 Å². The zero-order valence-electron chi connectivity index (χ0n) is 9.71. The molecule has 1 aliphatic carbocycles. The van der Waals surface area contributed by atoms with Gasteiger partial charge in [-0.1, -0.05) is 6.42 Å². The van der Waals surface area contributed by atoms with E-state index in [9.17, 15) is 0 Å².